The summed E-state index contributed by atoms with van der Waals surface area (Å²) in [5.41, 5.74) is 3.43. The average molecular weight is 534 g/mol. The van der Waals surface area contributed by atoms with Gasteiger partial charge >= 0.3 is 0 Å². The maximum Gasteiger partial charge on any atom is 0.257 e. The van der Waals surface area contributed by atoms with E-state index in [1.165, 1.54) is 4.90 Å². The predicted octanol–water partition coefficient (Wildman–Crippen LogP) is 4.98. The fourth-order valence-electron chi connectivity index (χ4n) is 4.44. The van der Waals surface area contributed by atoms with Crippen LogP contribution in [0.2, 0.25) is 0 Å². The minimum absolute atomic E-state index is 0.138. The van der Waals surface area contributed by atoms with Crippen LogP contribution in [-0.2, 0) is 9.59 Å². The smallest absolute Gasteiger partial charge is 0.257 e. The van der Waals surface area contributed by atoms with Crippen LogP contribution in [0.5, 0.6) is 0 Å². The molecule has 1 N–H and O–H groups in total. The van der Waals surface area contributed by atoms with E-state index in [9.17, 15) is 14.4 Å². The summed E-state index contributed by atoms with van der Waals surface area (Å²) in [6.07, 6.45) is 1.19. The van der Waals surface area contributed by atoms with Gasteiger partial charge < -0.3 is 5.32 Å². The van der Waals surface area contributed by atoms with Gasteiger partial charge in [-0.1, -0.05) is 50.1 Å². The Labute approximate surface area is 192 Å². The molecule has 2 aliphatic rings. The molecule has 1 saturated heterocycles. The lowest BCUT2D eigenvalue weighted by Crippen LogP contribution is -2.34. The molecule has 4 rings (SSSR count). The van der Waals surface area contributed by atoms with Gasteiger partial charge in [0, 0.05) is 15.3 Å². The molecule has 1 aliphatic carbocycles. The highest BCUT2D eigenvalue weighted by atomic mass is 79.9. The van der Waals surface area contributed by atoms with Gasteiger partial charge in [0.15, 0.2) is 0 Å². The van der Waals surface area contributed by atoms with Crippen molar-refractivity contribution in [3.05, 3.63) is 59.2 Å². The molecule has 2 aromatic rings. The van der Waals surface area contributed by atoms with Crippen LogP contribution >= 0.6 is 31.9 Å². The first-order valence-electron chi connectivity index (χ1n) is 9.91. The number of para-hydroxylation sites is 1. The number of hydrogen-bond donors (Lipinski definition) is 1. The molecule has 2 aromatic carbocycles. The molecule has 3 amide bonds. The second kappa shape index (κ2) is 8.27. The van der Waals surface area contributed by atoms with E-state index in [4.69, 9.17) is 0 Å². The Kier molecular flexibility index (Phi) is 5.86. The number of carbonyl (C=O) groups excluding carboxylic acids is 3. The molecule has 7 heteroatoms. The molecule has 2 fully saturated rings. The summed E-state index contributed by atoms with van der Waals surface area (Å²) < 4.78 is 0. The summed E-state index contributed by atoms with van der Waals surface area (Å²) in [5.74, 6) is -1.50. The van der Waals surface area contributed by atoms with Gasteiger partial charge in [-0.2, -0.15) is 0 Å². The molecular weight excluding hydrogens is 512 g/mol. The second-order valence-electron chi connectivity index (χ2n) is 8.08. The summed E-state index contributed by atoms with van der Waals surface area (Å²) >= 11 is 7.21. The fraction of sp³-hybridized carbons (Fsp3) is 0.348. The van der Waals surface area contributed by atoms with E-state index in [2.05, 4.69) is 37.2 Å². The van der Waals surface area contributed by atoms with Gasteiger partial charge in [-0.15, -0.1) is 0 Å². The van der Waals surface area contributed by atoms with Crippen molar-refractivity contribution < 1.29 is 14.4 Å². The van der Waals surface area contributed by atoms with Crippen LogP contribution in [0.15, 0.2) is 42.5 Å². The van der Waals surface area contributed by atoms with E-state index in [-0.39, 0.29) is 39.2 Å². The van der Waals surface area contributed by atoms with Crippen molar-refractivity contribution in [3.63, 3.8) is 0 Å². The zero-order chi connectivity index (χ0) is 21.6. The Hall–Kier alpha value is -1.99. The lowest BCUT2D eigenvalue weighted by molar-refractivity contribution is -0.122. The third-order valence-corrected chi connectivity index (χ3v) is 8.51. The molecule has 0 unspecified atom stereocenters. The molecule has 156 valence electrons. The van der Waals surface area contributed by atoms with E-state index in [0.717, 1.165) is 11.1 Å². The highest BCUT2D eigenvalue weighted by Gasteiger charge is 2.52. The Morgan fingerprint density at radius 3 is 2.03 bits per heavy atom. The number of rotatable bonds is 3. The number of anilines is 2. The van der Waals surface area contributed by atoms with Crippen molar-refractivity contribution in [2.24, 2.45) is 11.8 Å². The molecule has 1 heterocycles. The number of nitrogens with zero attached hydrogens (tertiary/aromatic N) is 1. The van der Waals surface area contributed by atoms with Gasteiger partial charge in [-0.05, 0) is 62.1 Å². The molecule has 4 atom stereocenters. The monoisotopic (exact) mass is 532 g/mol. The zero-order valence-corrected chi connectivity index (χ0v) is 19.9. The average Bonchev–Trinajstić information content (AvgIpc) is 2.91. The number of hydrogen-bond acceptors (Lipinski definition) is 3. The Bertz CT molecular complexity index is 991. The topological polar surface area (TPSA) is 66.5 Å². The number of alkyl halides is 2. The third-order valence-electron chi connectivity index (χ3n) is 5.78. The van der Waals surface area contributed by atoms with Crippen molar-refractivity contribution in [3.8, 4) is 0 Å². The summed E-state index contributed by atoms with van der Waals surface area (Å²) in [4.78, 5) is 40.9. The van der Waals surface area contributed by atoms with Crippen molar-refractivity contribution in [2.45, 2.75) is 36.3 Å². The van der Waals surface area contributed by atoms with Crippen LogP contribution in [0.4, 0.5) is 11.4 Å². The van der Waals surface area contributed by atoms with Gasteiger partial charge in [-0.25, -0.2) is 4.90 Å². The lowest BCUT2D eigenvalue weighted by Gasteiger charge is -2.29. The largest absolute Gasteiger partial charge is 0.322 e. The molecule has 0 bridgehead atoms. The highest BCUT2D eigenvalue weighted by molar-refractivity contribution is 9.12. The number of aryl methyl sites for hydroxylation is 2. The number of fused-ring (bicyclic) bond motifs is 1. The van der Waals surface area contributed by atoms with Crippen molar-refractivity contribution in [2.75, 3.05) is 10.2 Å². The summed E-state index contributed by atoms with van der Waals surface area (Å²) in [5, 5.41) is 2.91. The first-order valence-corrected chi connectivity index (χ1v) is 11.7. The van der Waals surface area contributed by atoms with Crippen LogP contribution in [0.3, 0.4) is 0 Å². The van der Waals surface area contributed by atoms with Gasteiger partial charge in [0.05, 0.1) is 23.1 Å². The van der Waals surface area contributed by atoms with Crippen molar-refractivity contribution >= 4 is 61.0 Å². The summed E-state index contributed by atoms with van der Waals surface area (Å²) in [6, 6.07) is 12.6. The number of amides is 3. The lowest BCUT2D eigenvalue weighted by atomic mass is 9.81. The van der Waals surface area contributed by atoms with Crippen LogP contribution in [0, 0.1) is 25.7 Å². The summed E-state index contributed by atoms with van der Waals surface area (Å²) in [7, 11) is 0. The van der Waals surface area contributed by atoms with E-state index in [0.29, 0.717) is 29.8 Å². The van der Waals surface area contributed by atoms with Crippen LogP contribution in [0.25, 0.3) is 0 Å². The van der Waals surface area contributed by atoms with E-state index in [1.807, 2.05) is 32.0 Å². The van der Waals surface area contributed by atoms with E-state index < -0.39 is 0 Å². The number of nitrogens with one attached hydrogen (secondary N) is 1. The standard InChI is InChI=1S/C23H22Br2N2O3/c1-12-7-13(2)9-14(8-12)26-21(28)15-5-3-4-6-20(15)27-22(29)16-10-18(24)19(25)11-17(16)23(27)30/h3-9,16-19H,10-11H2,1-2H3,(H,26,28)/t16-,17-,18+,19+/m1/s1. The number of benzene rings is 2. The number of imide groups is 1. The van der Waals surface area contributed by atoms with Crippen molar-refractivity contribution in [1.82, 2.24) is 0 Å². The Morgan fingerprint density at radius 2 is 1.47 bits per heavy atom. The third kappa shape index (κ3) is 3.85. The molecule has 0 radical (unpaired) electrons. The van der Waals surface area contributed by atoms with Crippen LogP contribution in [-0.4, -0.2) is 27.4 Å². The summed E-state index contributed by atoms with van der Waals surface area (Å²) in [6.45, 7) is 3.93. The molecule has 1 saturated carbocycles. The molecular formula is C23H22Br2N2O3. The normalized spacial score (nSPS) is 25.9. The molecule has 0 aromatic heterocycles. The Morgan fingerprint density at radius 1 is 0.933 bits per heavy atom. The van der Waals surface area contributed by atoms with Crippen LogP contribution < -0.4 is 10.2 Å². The van der Waals surface area contributed by atoms with Gasteiger partial charge in [0.2, 0.25) is 11.8 Å². The van der Waals surface area contributed by atoms with Crippen molar-refractivity contribution in [1.29, 1.82) is 0 Å². The first-order chi connectivity index (χ1) is 14.3. The van der Waals surface area contributed by atoms with Gasteiger partial charge in [0.25, 0.3) is 5.91 Å². The maximum absolute atomic E-state index is 13.2. The molecule has 30 heavy (non-hydrogen) atoms. The maximum atomic E-state index is 13.2. The predicted molar refractivity (Wildman–Crippen MR) is 124 cm³/mol. The second-order valence-corrected chi connectivity index (χ2v) is 10.4. The molecule has 5 nitrogen and oxygen atoms in total. The quantitative estimate of drug-likeness (QED) is 0.447. The van der Waals surface area contributed by atoms with Gasteiger partial charge in [-0.3, -0.25) is 14.4 Å². The van der Waals surface area contributed by atoms with Crippen LogP contribution in [0.1, 0.15) is 34.3 Å². The zero-order valence-electron chi connectivity index (χ0n) is 16.7. The van der Waals surface area contributed by atoms with E-state index >= 15 is 0 Å². The molecule has 0 spiro atoms. The SMILES string of the molecule is Cc1cc(C)cc(NC(=O)c2ccccc2N2C(=O)[C@@H]3C[C@H](Br)[C@@H](Br)C[C@H]3C2=O)c1. The number of carbonyl (C=O) groups is 3. The minimum Gasteiger partial charge on any atom is -0.322 e. The molecule has 1 aliphatic heterocycles. The fourth-order valence-corrected chi connectivity index (χ4v) is 5.68. The Balaban J connectivity index is 1.65. The van der Waals surface area contributed by atoms with E-state index in [1.54, 1.807) is 24.3 Å². The first kappa shape index (κ1) is 21.2. The number of halogens is 2. The minimum atomic E-state index is -0.355. The highest BCUT2D eigenvalue weighted by Crippen LogP contribution is 2.44. The van der Waals surface area contributed by atoms with Gasteiger partial charge in [0.1, 0.15) is 0 Å².